The van der Waals surface area contributed by atoms with Crippen molar-refractivity contribution in [3.05, 3.63) is 70.0 Å². The number of hydrogen-bond acceptors (Lipinski definition) is 7. The molecular formula is C19H19N5O4S. The van der Waals surface area contributed by atoms with Crippen LogP contribution in [0.2, 0.25) is 0 Å². The Balaban J connectivity index is 1.73. The molecule has 1 N–H and O–H groups in total. The molecule has 0 saturated carbocycles. The molecule has 1 heterocycles. The van der Waals surface area contributed by atoms with Crippen LogP contribution in [-0.4, -0.2) is 32.2 Å². The van der Waals surface area contributed by atoms with Gasteiger partial charge in [0.15, 0.2) is 5.16 Å². The van der Waals surface area contributed by atoms with E-state index in [1.54, 1.807) is 23.7 Å². The Morgan fingerprint density at radius 3 is 2.83 bits per heavy atom. The van der Waals surface area contributed by atoms with Gasteiger partial charge < -0.3 is 14.6 Å². The number of nitrogens with one attached hydrogen (secondary N) is 1. The van der Waals surface area contributed by atoms with Crippen molar-refractivity contribution in [2.75, 3.05) is 6.61 Å². The van der Waals surface area contributed by atoms with Crippen LogP contribution in [-0.2, 0) is 13.6 Å². The molecule has 0 aliphatic carbocycles. The van der Waals surface area contributed by atoms with Crippen molar-refractivity contribution in [1.82, 2.24) is 20.1 Å². The maximum atomic E-state index is 12.5. The van der Waals surface area contributed by atoms with Crippen molar-refractivity contribution in [2.24, 2.45) is 7.05 Å². The molecule has 0 aliphatic heterocycles. The zero-order chi connectivity index (χ0) is 20.8. The molecule has 0 fully saturated rings. The van der Waals surface area contributed by atoms with Gasteiger partial charge >= 0.3 is 0 Å². The molecule has 0 atom stereocenters. The summed E-state index contributed by atoms with van der Waals surface area (Å²) >= 11 is 1.11. The summed E-state index contributed by atoms with van der Waals surface area (Å²) in [5, 5.41) is 22.5. The number of carbonyl (C=O) groups excluding carboxylic acids is 1. The largest absolute Gasteiger partial charge is 0.494 e. The minimum Gasteiger partial charge on any atom is -0.494 e. The predicted octanol–water partition coefficient (Wildman–Crippen LogP) is 3.20. The van der Waals surface area contributed by atoms with Crippen molar-refractivity contribution < 1.29 is 14.5 Å². The van der Waals surface area contributed by atoms with Gasteiger partial charge in [-0.15, -0.1) is 10.2 Å². The van der Waals surface area contributed by atoms with Crippen LogP contribution in [0.15, 0.2) is 58.8 Å². The van der Waals surface area contributed by atoms with Gasteiger partial charge in [-0.25, -0.2) is 0 Å². The number of benzene rings is 2. The van der Waals surface area contributed by atoms with Crippen molar-refractivity contribution in [3.63, 3.8) is 0 Å². The van der Waals surface area contributed by atoms with E-state index in [4.69, 9.17) is 4.74 Å². The second kappa shape index (κ2) is 9.20. The fourth-order valence-corrected chi connectivity index (χ4v) is 3.40. The number of nitro groups is 1. The average Bonchev–Trinajstić information content (AvgIpc) is 3.11. The highest BCUT2D eigenvalue weighted by Gasteiger charge is 2.20. The Bertz CT molecular complexity index is 1040. The fourth-order valence-electron chi connectivity index (χ4n) is 2.55. The van der Waals surface area contributed by atoms with Gasteiger partial charge in [0, 0.05) is 25.2 Å². The van der Waals surface area contributed by atoms with Gasteiger partial charge in [-0.1, -0.05) is 12.1 Å². The van der Waals surface area contributed by atoms with E-state index in [1.165, 1.54) is 12.4 Å². The van der Waals surface area contributed by atoms with E-state index in [0.717, 1.165) is 23.1 Å². The van der Waals surface area contributed by atoms with Gasteiger partial charge in [-0.05, 0) is 48.5 Å². The lowest BCUT2D eigenvalue weighted by Crippen LogP contribution is -2.22. The minimum atomic E-state index is -0.513. The number of carbonyl (C=O) groups is 1. The molecular weight excluding hydrogens is 394 g/mol. The highest BCUT2D eigenvalue weighted by atomic mass is 32.2. The standard InChI is InChI=1S/C19H19N5O4S/c1-3-28-15-6-4-5-13(9-15)11-20-18(25)14-7-8-17(16(10-14)24(26)27)29-19-22-21-12-23(19)2/h4-10,12H,3,11H2,1-2H3,(H,20,25). The minimum absolute atomic E-state index is 0.163. The molecule has 9 nitrogen and oxygen atoms in total. The third-order valence-corrected chi connectivity index (χ3v) is 5.07. The summed E-state index contributed by atoms with van der Waals surface area (Å²) < 4.78 is 7.10. The molecule has 29 heavy (non-hydrogen) atoms. The molecule has 0 unspecified atom stereocenters. The van der Waals surface area contributed by atoms with E-state index >= 15 is 0 Å². The third kappa shape index (κ3) is 5.11. The molecule has 0 bridgehead atoms. The first-order chi connectivity index (χ1) is 14.0. The van der Waals surface area contributed by atoms with Crippen LogP contribution in [0.1, 0.15) is 22.8 Å². The molecule has 0 aliphatic rings. The fraction of sp³-hybridized carbons (Fsp3) is 0.211. The number of hydrogen-bond donors (Lipinski definition) is 1. The smallest absolute Gasteiger partial charge is 0.284 e. The van der Waals surface area contributed by atoms with E-state index in [0.29, 0.717) is 16.7 Å². The number of nitrogens with zero attached hydrogens (tertiary/aromatic N) is 4. The lowest BCUT2D eigenvalue weighted by atomic mass is 10.1. The summed E-state index contributed by atoms with van der Waals surface area (Å²) in [4.78, 5) is 23.8. The quantitative estimate of drug-likeness (QED) is 0.446. The van der Waals surface area contributed by atoms with Crippen molar-refractivity contribution >= 4 is 23.4 Å². The predicted molar refractivity (Wildman–Crippen MR) is 107 cm³/mol. The Kier molecular flexibility index (Phi) is 6.45. The number of ether oxygens (including phenoxy) is 1. The third-order valence-electron chi connectivity index (χ3n) is 3.95. The lowest BCUT2D eigenvalue weighted by molar-refractivity contribution is -0.387. The Morgan fingerprint density at radius 1 is 1.31 bits per heavy atom. The molecule has 150 valence electrons. The first kappa shape index (κ1) is 20.3. The van der Waals surface area contributed by atoms with Crippen LogP contribution >= 0.6 is 11.8 Å². The average molecular weight is 413 g/mol. The maximum absolute atomic E-state index is 12.5. The van der Waals surface area contributed by atoms with Crippen molar-refractivity contribution in [1.29, 1.82) is 0 Å². The second-order valence-corrected chi connectivity index (χ2v) is 7.04. The molecule has 10 heteroatoms. The maximum Gasteiger partial charge on any atom is 0.284 e. The summed E-state index contributed by atoms with van der Waals surface area (Å²) in [6.45, 7) is 2.73. The summed E-state index contributed by atoms with van der Waals surface area (Å²) in [5.74, 6) is 0.324. The summed E-state index contributed by atoms with van der Waals surface area (Å²) in [6.07, 6.45) is 1.51. The molecule has 3 rings (SSSR count). The first-order valence-electron chi connectivity index (χ1n) is 8.78. The second-order valence-electron chi connectivity index (χ2n) is 6.03. The van der Waals surface area contributed by atoms with Crippen LogP contribution in [0.4, 0.5) is 5.69 Å². The zero-order valence-electron chi connectivity index (χ0n) is 15.9. The Labute approximate surface area is 171 Å². The monoisotopic (exact) mass is 413 g/mol. The molecule has 1 aromatic heterocycles. The summed E-state index contributed by atoms with van der Waals surface area (Å²) in [7, 11) is 1.75. The van der Waals surface area contributed by atoms with E-state index in [-0.39, 0.29) is 17.8 Å². The zero-order valence-corrected chi connectivity index (χ0v) is 16.7. The number of aryl methyl sites for hydroxylation is 1. The van der Waals surface area contributed by atoms with Crippen LogP contribution in [0, 0.1) is 10.1 Å². The number of nitro benzene ring substituents is 1. The van der Waals surface area contributed by atoms with E-state index in [2.05, 4.69) is 15.5 Å². The SMILES string of the molecule is CCOc1cccc(CNC(=O)c2ccc(Sc3nncn3C)c([N+](=O)[O-])c2)c1. The molecule has 0 radical (unpaired) electrons. The van der Waals surface area contributed by atoms with Gasteiger partial charge in [0.25, 0.3) is 11.6 Å². The van der Waals surface area contributed by atoms with Crippen LogP contribution in [0.3, 0.4) is 0 Å². The van der Waals surface area contributed by atoms with Crippen molar-refractivity contribution in [2.45, 2.75) is 23.5 Å². The van der Waals surface area contributed by atoms with Gasteiger partial charge in [0.05, 0.1) is 16.4 Å². The van der Waals surface area contributed by atoms with Crippen LogP contribution in [0.5, 0.6) is 5.75 Å². The molecule has 0 spiro atoms. The van der Waals surface area contributed by atoms with E-state index < -0.39 is 10.8 Å². The molecule has 1 amide bonds. The van der Waals surface area contributed by atoms with E-state index in [9.17, 15) is 14.9 Å². The van der Waals surface area contributed by atoms with E-state index in [1.807, 2.05) is 31.2 Å². The molecule has 2 aromatic carbocycles. The Morgan fingerprint density at radius 2 is 2.14 bits per heavy atom. The highest BCUT2D eigenvalue weighted by Crippen LogP contribution is 2.34. The van der Waals surface area contributed by atoms with Crippen molar-refractivity contribution in [3.8, 4) is 5.75 Å². The molecule has 0 saturated heterocycles. The normalized spacial score (nSPS) is 10.6. The topological polar surface area (TPSA) is 112 Å². The Hall–Kier alpha value is -3.40. The summed E-state index contributed by atoms with van der Waals surface area (Å²) in [6, 6.07) is 11.8. The van der Waals surface area contributed by atoms with Crippen LogP contribution < -0.4 is 10.1 Å². The first-order valence-corrected chi connectivity index (χ1v) is 9.59. The van der Waals surface area contributed by atoms with Gasteiger partial charge in [0.2, 0.25) is 0 Å². The summed E-state index contributed by atoms with van der Waals surface area (Å²) in [5.41, 5.74) is 0.914. The van der Waals surface area contributed by atoms with Gasteiger partial charge in [-0.2, -0.15) is 0 Å². The number of amides is 1. The number of rotatable bonds is 8. The van der Waals surface area contributed by atoms with Gasteiger partial charge in [-0.3, -0.25) is 14.9 Å². The number of aromatic nitrogens is 3. The lowest BCUT2D eigenvalue weighted by Gasteiger charge is -2.09. The van der Waals surface area contributed by atoms with Crippen LogP contribution in [0.25, 0.3) is 0 Å². The highest BCUT2D eigenvalue weighted by molar-refractivity contribution is 7.99. The molecule has 3 aromatic rings. The van der Waals surface area contributed by atoms with Gasteiger partial charge in [0.1, 0.15) is 12.1 Å².